The highest BCUT2D eigenvalue weighted by molar-refractivity contribution is 5.84. The minimum absolute atomic E-state index is 0.0712. The van der Waals surface area contributed by atoms with Crippen LogP contribution < -0.4 is 0 Å². The Morgan fingerprint density at radius 2 is 2.00 bits per heavy atom. The van der Waals surface area contributed by atoms with Gasteiger partial charge in [0, 0.05) is 29.7 Å². The summed E-state index contributed by atoms with van der Waals surface area (Å²) in [6.07, 6.45) is -2.70. The molecule has 5 heteroatoms. The third-order valence-corrected chi connectivity index (χ3v) is 3.37. The number of rotatable bonds is 5. The molecule has 1 aromatic heterocycles. The van der Waals surface area contributed by atoms with Crippen molar-refractivity contribution in [3.8, 4) is 0 Å². The first-order valence-electron chi connectivity index (χ1n) is 6.42. The van der Waals surface area contributed by atoms with E-state index in [1.54, 1.807) is 0 Å². The molecule has 0 aliphatic heterocycles. The van der Waals surface area contributed by atoms with E-state index < -0.39 is 6.30 Å². The molecule has 1 aromatic carbocycles. The normalized spacial score (nSPS) is 12.2. The zero-order valence-electron chi connectivity index (χ0n) is 11.3. The summed E-state index contributed by atoms with van der Waals surface area (Å²) >= 11 is 0. The van der Waals surface area contributed by atoms with Crippen LogP contribution in [0.25, 0.3) is 10.9 Å². The number of nitrogens with zero attached hydrogens (tertiary/aromatic N) is 1. The van der Waals surface area contributed by atoms with Gasteiger partial charge in [-0.05, 0) is 25.0 Å². The lowest BCUT2D eigenvalue weighted by Gasteiger charge is -2.23. The van der Waals surface area contributed by atoms with Crippen LogP contribution in [0, 0.1) is 6.92 Å². The molecule has 108 valence electrons. The highest BCUT2D eigenvalue weighted by Crippen LogP contribution is 2.25. The van der Waals surface area contributed by atoms with Crippen LogP contribution in [-0.4, -0.2) is 29.3 Å². The Morgan fingerprint density at radius 3 is 2.65 bits per heavy atom. The van der Waals surface area contributed by atoms with Crippen molar-refractivity contribution >= 4 is 10.9 Å². The van der Waals surface area contributed by atoms with Gasteiger partial charge in [-0.15, -0.1) is 6.58 Å². The number of para-hydroxylation sites is 1. The van der Waals surface area contributed by atoms with Crippen molar-refractivity contribution in [1.82, 2.24) is 9.88 Å². The highest BCUT2D eigenvalue weighted by atomic mass is 19.4. The predicted molar refractivity (Wildman–Crippen MR) is 74.6 cm³/mol. The summed E-state index contributed by atoms with van der Waals surface area (Å²) in [4.78, 5) is 3.68. The second kappa shape index (κ2) is 5.71. The lowest BCUT2D eigenvalue weighted by atomic mass is 10.1. The maximum absolute atomic E-state index is 12.8. The second-order valence-corrected chi connectivity index (χ2v) is 4.73. The van der Waals surface area contributed by atoms with Crippen LogP contribution >= 0.6 is 0 Å². The minimum atomic E-state index is -4.33. The van der Waals surface area contributed by atoms with Gasteiger partial charge in [0.05, 0.1) is 0 Å². The number of fused-ring (bicyclic) bond motifs is 1. The highest BCUT2D eigenvalue weighted by Gasteiger charge is 2.35. The van der Waals surface area contributed by atoms with E-state index in [-0.39, 0.29) is 13.1 Å². The van der Waals surface area contributed by atoms with Crippen LogP contribution in [-0.2, 0) is 6.42 Å². The Kier molecular flexibility index (Phi) is 4.18. The number of alkyl halides is 3. The molecule has 0 aliphatic rings. The predicted octanol–water partition coefficient (Wildman–Crippen LogP) is 4.03. The molecule has 0 bridgehead atoms. The number of nitrogens with one attached hydrogen (secondary N) is 1. The van der Waals surface area contributed by atoms with E-state index in [0.717, 1.165) is 22.2 Å². The van der Waals surface area contributed by atoms with Gasteiger partial charge in [0.1, 0.15) is 0 Å². The zero-order valence-corrected chi connectivity index (χ0v) is 11.3. The molecule has 0 amide bonds. The molecule has 1 N–H and O–H groups in total. The fourth-order valence-corrected chi connectivity index (χ4v) is 2.38. The first kappa shape index (κ1) is 14.7. The zero-order chi connectivity index (χ0) is 14.8. The van der Waals surface area contributed by atoms with Crippen LogP contribution in [0.15, 0.2) is 36.9 Å². The Morgan fingerprint density at radius 1 is 1.30 bits per heavy atom. The first-order valence-corrected chi connectivity index (χ1v) is 6.42. The Hall–Kier alpha value is -1.75. The SMILES string of the molecule is C=CCN(CCc1c(C)[nH]c2ccccc12)C(F)(F)F. The maximum Gasteiger partial charge on any atom is 0.460 e. The number of aromatic amines is 1. The quantitative estimate of drug-likeness (QED) is 0.648. The summed E-state index contributed by atoms with van der Waals surface area (Å²) in [5.74, 6) is 0. The van der Waals surface area contributed by atoms with Gasteiger partial charge >= 0.3 is 6.30 Å². The Balaban J connectivity index is 2.19. The number of benzene rings is 1. The average molecular weight is 282 g/mol. The number of hydrogen-bond donors (Lipinski definition) is 1. The second-order valence-electron chi connectivity index (χ2n) is 4.73. The third kappa shape index (κ3) is 3.04. The fourth-order valence-electron chi connectivity index (χ4n) is 2.38. The average Bonchev–Trinajstić information content (AvgIpc) is 2.69. The summed E-state index contributed by atoms with van der Waals surface area (Å²) in [5, 5.41) is 0.991. The van der Waals surface area contributed by atoms with Crippen molar-refractivity contribution in [3.05, 3.63) is 48.2 Å². The number of aromatic nitrogens is 1. The maximum atomic E-state index is 12.8. The minimum Gasteiger partial charge on any atom is -0.358 e. The van der Waals surface area contributed by atoms with Gasteiger partial charge in [0.2, 0.25) is 0 Å². The lowest BCUT2D eigenvalue weighted by Crippen LogP contribution is -2.39. The molecule has 2 aromatic rings. The van der Waals surface area contributed by atoms with E-state index in [9.17, 15) is 13.2 Å². The number of aryl methyl sites for hydroxylation is 1. The lowest BCUT2D eigenvalue weighted by molar-refractivity contribution is -0.241. The summed E-state index contributed by atoms with van der Waals surface area (Å²) in [6, 6.07) is 7.66. The van der Waals surface area contributed by atoms with Crippen molar-refractivity contribution < 1.29 is 13.2 Å². The van der Waals surface area contributed by atoms with Crippen LogP contribution in [0.1, 0.15) is 11.3 Å². The van der Waals surface area contributed by atoms with Crippen molar-refractivity contribution in [2.45, 2.75) is 19.6 Å². The van der Waals surface area contributed by atoms with Crippen molar-refractivity contribution in [2.75, 3.05) is 13.1 Å². The van der Waals surface area contributed by atoms with Gasteiger partial charge in [-0.25, -0.2) is 4.90 Å². The molecule has 0 atom stereocenters. The van der Waals surface area contributed by atoms with Gasteiger partial charge < -0.3 is 4.98 Å². The molecule has 20 heavy (non-hydrogen) atoms. The molecular weight excluding hydrogens is 265 g/mol. The third-order valence-electron chi connectivity index (χ3n) is 3.37. The first-order chi connectivity index (χ1) is 9.43. The standard InChI is InChI=1S/C15H17F3N2/c1-3-9-20(15(16,17)18)10-8-12-11(2)19-14-7-5-4-6-13(12)14/h3-7,19H,1,8-10H2,2H3. The van der Waals surface area contributed by atoms with Crippen LogP contribution in [0.5, 0.6) is 0 Å². The summed E-state index contributed by atoms with van der Waals surface area (Å²) in [5.41, 5.74) is 2.83. The summed E-state index contributed by atoms with van der Waals surface area (Å²) in [7, 11) is 0. The molecule has 2 nitrogen and oxygen atoms in total. The number of H-pyrrole nitrogens is 1. The molecule has 1 heterocycles. The van der Waals surface area contributed by atoms with Crippen molar-refractivity contribution in [2.24, 2.45) is 0 Å². The monoisotopic (exact) mass is 282 g/mol. The van der Waals surface area contributed by atoms with E-state index in [1.165, 1.54) is 6.08 Å². The van der Waals surface area contributed by atoms with E-state index in [0.29, 0.717) is 11.3 Å². The summed E-state index contributed by atoms with van der Waals surface area (Å²) in [6.45, 7) is 5.01. The molecule has 0 aliphatic carbocycles. The van der Waals surface area contributed by atoms with Gasteiger partial charge in [-0.2, -0.15) is 13.2 Å². The van der Waals surface area contributed by atoms with Gasteiger partial charge in [-0.3, -0.25) is 0 Å². The number of hydrogen-bond acceptors (Lipinski definition) is 1. The smallest absolute Gasteiger partial charge is 0.358 e. The molecule has 2 rings (SSSR count). The molecule has 0 saturated heterocycles. The van der Waals surface area contributed by atoms with Crippen LogP contribution in [0.4, 0.5) is 13.2 Å². The molecule has 0 spiro atoms. The summed E-state index contributed by atoms with van der Waals surface area (Å²) < 4.78 is 38.5. The molecule has 0 radical (unpaired) electrons. The molecule has 0 saturated carbocycles. The van der Waals surface area contributed by atoms with Crippen molar-refractivity contribution in [1.29, 1.82) is 0 Å². The Labute approximate surface area is 115 Å². The van der Waals surface area contributed by atoms with Gasteiger partial charge in [-0.1, -0.05) is 24.3 Å². The van der Waals surface area contributed by atoms with E-state index in [2.05, 4.69) is 11.6 Å². The van der Waals surface area contributed by atoms with Gasteiger partial charge in [0.25, 0.3) is 0 Å². The Bertz CT molecular complexity index is 599. The largest absolute Gasteiger partial charge is 0.460 e. The van der Waals surface area contributed by atoms with E-state index in [1.807, 2.05) is 31.2 Å². The molecule has 0 fully saturated rings. The van der Waals surface area contributed by atoms with Crippen LogP contribution in [0.2, 0.25) is 0 Å². The fraction of sp³-hybridized carbons (Fsp3) is 0.333. The number of halogens is 3. The van der Waals surface area contributed by atoms with Crippen LogP contribution in [0.3, 0.4) is 0 Å². The molecular formula is C15H17F3N2. The molecule has 0 unspecified atom stereocenters. The van der Waals surface area contributed by atoms with E-state index in [4.69, 9.17) is 0 Å². The van der Waals surface area contributed by atoms with Gasteiger partial charge in [0.15, 0.2) is 0 Å². The topological polar surface area (TPSA) is 19.0 Å². The van der Waals surface area contributed by atoms with E-state index >= 15 is 0 Å². The van der Waals surface area contributed by atoms with Crippen molar-refractivity contribution in [3.63, 3.8) is 0 Å².